The molecule has 2 N–H and O–H groups in total. The van der Waals surface area contributed by atoms with E-state index >= 15 is 0 Å². The standard InChI is InChI=1S/C14H20N2O5S2.ClH/c1-20-11-7-12(13(17)21-2)22-14(11)23(18,19)16-10-5-8-3-4-9(6-10)15-8;/h7-10,15-16H,3-6H2,1-2H3;1H. The van der Waals surface area contributed by atoms with Crippen LogP contribution in [0.2, 0.25) is 0 Å². The molecule has 2 aliphatic heterocycles. The topological polar surface area (TPSA) is 93.7 Å². The summed E-state index contributed by atoms with van der Waals surface area (Å²) in [6.07, 6.45) is 3.76. The molecule has 0 aliphatic carbocycles. The predicted molar refractivity (Wildman–Crippen MR) is 92.7 cm³/mol. The lowest BCUT2D eigenvalue weighted by atomic mass is 10.0. The number of hydrogen-bond donors (Lipinski definition) is 2. The largest absolute Gasteiger partial charge is 0.494 e. The number of ether oxygens (including phenoxy) is 2. The van der Waals surface area contributed by atoms with Crippen LogP contribution < -0.4 is 14.8 Å². The van der Waals surface area contributed by atoms with Gasteiger partial charge in [-0.05, 0) is 25.7 Å². The van der Waals surface area contributed by atoms with Gasteiger partial charge in [-0.15, -0.1) is 23.7 Å². The van der Waals surface area contributed by atoms with Crippen molar-refractivity contribution in [3.05, 3.63) is 10.9 Å². The molecule has 24 heavy (non-hydrogen) atoms. The number of carbonyl (C=O) groups is 1. The molecule has 2 atom stereocenters. The highest BCUT2D eigenvalue weighted by atomic mass is 35.5. The minimum absolute atomic E-state index is 0. The number of carbonyl (C=O) groups excluding carboxylic acids is 1. The average molecular weight is 397 g/mol. The van der Waals surface area contributed by atoms with Gasteiger partial charge >= 0.3 is 5.97 Å². The lowest BCUT2D eigenvalue weighted by Gasteiger charge is -2.29. The van der Waals surface area contributed by atoms with Crippen LogP contribution in [-0.2, 0) is 14.8 Å². The van der Waals surface area contributed by atoms with Crippen molar-refractivity contribution in [1.82, 2.24) is 10.0 Å². The van der Waals surface area contributed by atoms with Gasteiger partial charge < -0.3 is 14.8 Å². The van der Waals surface area contributed by atoms with Gasteiger partial charge in [0.25, 0.3) is 10.0 Å². The van der Waals surface area contributed by atoms with E-state index < -0.39 is 16.0 Å². The van der Waals surface area contributed by atoms with Gasteiger partial charge in [-0.25, -0.2) is 17.9 Å². The van der Waals surface area contributed by atoms with Crippen LogP contribution in [0.15, 0.2) is 10.3 Å². The van der Waals surface area contributed by atoms with Crippen molar-refractivity contribution >= 4 is 39.7 Å². The minimum atomic E-state index is -3.73. The maximum atomic E-state index is 12.7. The lowest BCUT2D eigenvalue weighted by molar-refractivity contribution is 0.0606. The summed E-state index contributed by atoms with van der Waals surface area (Å²) in [4.78, 5) is 11.8. The van der Waals surface area contributed by atoms with Crippen molar-refractivity contribution in [1.29, 1.82) is 0 Å². The van der Waals surface area contributed by atoms with E-state index in [0.717, 1.165) is 37.0 Å². The number of hydrogen-bond acceptors (Lipinski definition) is 7. The van der Waals surface area contributed by atoms with Crippen LogP contribution in [0.25, 0.3) is 0 Å². The van der Waals surface area contributed by atoms with E-state index in [1.807, 2.05) is 0 Å². The Morgan fingerprint density at radius 1 is 1.29 bits per heavy atom. The Hall–Kier alpha value is -0.870. The van der Waals surface area contributed by atoms with E-state index in [-0.39, 0.29) is 33.3 Å². The van der Waals surface area contributed by atoms with Crippen LogP contribution in [0.3, 0.4) is 0 Å². The van der Waals surface area contributed by atoms with Crippen LogP contribution in [-0.4, -0.2) is 46.7 Å². The first-order valence-electron chi connectivity index (χ1n) is 7.47. The van der Waals surface area contributed by atoms with Crippen molar-refractivity contribution in [2.24, 2.45) is 0 Å². The molecule has 0 aromatic carbocycles. The smallest absolute Gasteiger partial charge is 0.348 e. The molecule has 2 aliphatic rings. The molecule has 0 saturated carbocycles. The SMILES string of the molecule is COC(=O)c1cc(OC)c(S(=O)(=O)NC2CC3CCC(C2)N3)s1.Cl. The summed E-state index contributed by atoms with van der Waals surface area (Å²) in [5, 5.41) is 3.48. The van der Waals surface area contributed by atoms with E-state index in [1.165, 1.54) is 20.3 Å². The van der Waals surface area contributed by atoms with Crippen molar-refractivity contribution in [3.8, 4) is 5.75 Å². The van der Waals surface area contributed by atoms with Crippen molar-refractivity contribution in [2.75, 3.05) is 14.2 Å². The molecule has 7 nitrogen and oxygen atoms in total. The van der Waals surface area contributed by atoms with Gasteiger partial charge in [0.2, 0.25) is 0 Å². The molecule has 3 rings (SSSR count). The molecule has 1 aromatic rings. The number of methoxy groups -OCH3 is 2. The number of esters is 1. The fraction of sp³-hybridized carbons (Fsp3) is 0.643. The van der Waals surface area contributed by atoms with E-state index in [4.69, 9.17) is 4.74 Å². The number of rotatable bonds is 5. The Morgan fingerprint density at radius 3 is 2.46 bits per heavy atom. The molecule has 2 saturated heterocycles. The lowest BCUT2D eigenvalue weighted by Crippen LogP contribution is -2.47. The maximum Gasteiger partial charge on any atom is 0.348 e. The first kappa shape index (κ1) is 19.5. The van der Waals surface area contributed by atoms with Gasteiger partial charge in [-0.2, -0.15) is 0 Å². The molecule has 2 fully saturated rings. The fourth-order valence-electron chi connectivity index (χ4n) is 3.31. The Bertz CT molecular complexity index is 694. The van der Waals surface area contributed by atoms with Crippen LogP contribution in [0, 0.1) is 0 Å². The Balaban J connectivity index is 0.00000208. The third kappa shape index (κ3) is 3.85. The first-order valence-corrected chi connectivity index (χ1v) is 9.77. The number of piperidine rings is 1. The van der Waals surface area contributed by atoms with Crippen LogP contribution in [0.4, 0.5) is 0 Å². The van der Waals surface area contributed by atoms with Crippen LogP contribution in [0.5, 0.6) is 5.75 Å². The third-order valence-electron chi connectivity index (χ3n) is 4.31. The van der Waals surface area contributed by atoms with Gasteiger partial charge in [0.05, 0.1) is 14.2 Å². The fourth-order valence-corrected chi connectivity index (χ4v) is 6.09. The number of thiophene rings is 1. The molecule has 136 valence electrons. The minimum Gasteiger partial charge on any atom is -0.494 e. The quantitative estimate of drug-likeness (QED) is 0.733. The Kier molecular flexibility index (Phi) is 6.14. The van der Waals surface area contributed by atoms with Gasteiger partial charge in [0.1, 0.15) is 4.88 Å². The first-order chi connectivity index (χ1) is 10.9. The molecule has 0 amide bonds. The number of halogens is 1. The average Bonchev–Trinajstić information content (AvgIpc) is 3.10. The molecular formula is C14H21ClN2O5S2. The summed E-state index contributed by atoms with van der Waals surface area (Å²) in [7, 11) is -1.10. The van der Waals surface area contributed by atoms with Crippen molar-refractivity contribution in [2.45, 2.75) is 48.0 Å². The Morgan fingerprint density at radius 2 is 1.92 bits per heavy atom. The zero-order valence-corrected chi connectivity index (χ0v) is 15.9. The van der Waals surface area contributed by atoms with E-state index in [1.54, 1.807) is 0 Å². The Labute approximate surface area is 151 Å². The summed E-state index contributed by atoms with van der Waals surface area (Å²) >= 11 is 0.864. The highest BCUT2D eigenvalue weighted by Gasteiger charge is 2.36. The summed E-state index contributed by atoms with van der Waals surface area (Å²) < 4.78 is 37.9. The van der Waals surface area contributed by atoms with Crippen LogP contribution >= 0.6 is 23.7 Å². The zero-order chi connectivity index (χ0) is 16.6. The highest BCUT2D eigenvalue weighted by Crippen LogP contribution is 2.35. The molecule has 10 heteroatoms. The van der Waals surface area contributed by atoms with E-state index in [9.17, 15) is 13.2 Å². The van der Waals surface area contributed by atoms with Gasteiger partial charge in [-0.3, -0.25) is 0 Å². The predicted octanol–water partition coefficient (Wildman–Crippen LogP) is 1.53. The van der Waals surface area contributed by atoms with Crippen molar-refractivity contribution in [3.63, 3.8) is 0 Å². The normalized spacial score (nSPS) is 25.8. The van der Waals surface area contributed by atoms with E-state index in [2.05, 4.69) is 14.8 Å². The number of nitrogens with one attached hydrogen (secondary N) is 2. The molecule has 0 spiro atoms. The third-order valence-corrected chi connectivity index (χ3v) is 7.44. The molecule has 3 heterocycles. The van der Waals surface area contributed by atoms with Gasteiger partial charge in [0, 0.05) is 24.2 Å². The summed E-state index contributed by atoms with van der Waals surface area (Å²) in [5.74, 6) is -0.408. The second-order valence-electron chi connectivity index (χ2n) is 5.89. The number of fused-ring (bicyclic) bond motifs is 2. The molecular weight excluding hydrogens is 376 g/mol. The molecule has 2 bridgehead atoms. The second kappa shape index (κ2) is 7.57. The summed E-state index contributed by atoms with van der Waals surface area (Å²) in [6.45, 7) is 0. The molecule has 1 aromatic heterocycles. The summed E-state index contributed by atoms with van der Waals surface area (Å²) in [6, 6.07) is 2.08. The van der Waals surface area contributed by atoms with E-state index in [0.29, 0.717) is 12.1 Å². The summed E-state index contributed by atoms with van der Waals surface area (Å²) in [5.41, 5.74) is 0. The second-order valence-corrected chi connectivity index (χ2v) is 8.85. The maximum absolute atomic E-state index is 12.7. The monoisotopic (exact) mass is 396 g/mol. The van der Waals surface area contributed by atoms with Crippen LogP contribution in [0.1, 0.15) is 35.4 Å². The van der Waals surface area contributed by atoms with Crippen molar-refractivity contribution < 1.29 is 22.7 Å². The molecule has 0 radical (unpaired) electrons. The molecule has 2 unspecified atom stereocenters. The highest BCUT2D eigenvalue weighted by molar-refractivity contribution is 7.91. The van der Waals surface area contributed by atoms with Gasteiger partial charge in [-0.1, -0.05) is 0 Å². The zero-order valence-electron chi connectivity index (χ0n) is 13.4. The number of sulfonamides is 1. The van der Waals surface area contributed by atoms with Gasteiger partial charge in [0.15, 0.2) is 9.96 Å².